The highest BCUT2D eigenvalue weighted by atomic mass is 32.1. The van der Waals surface area contributed by atoms with Gasteiger partial charge in [0.15, 0.2) is 11.5 Å². The number of nitrogens with one attached hydrogen (secondary N) is 1. The van der Waals surface area contributed by atoms with Crippen LogP contribution in [0.15, 0.2) is 18.2 Å². The molecule has 0 spiro atoms. The fraction of sp³-hybridized carbons (Fsp3) is 0.524. The zero-order chi connectivity index (χ0) is 17.4. The molecule has 2 heterocycles. The van der Waals surface area contributed by atoms with Crippen molar-refractivity contribution < 1.29 is 10.2 Å². The number of rotatable bonds is 5. The minimum atomic E-state index is 0.00266. The quantitative estimate of drug-likeness (QED) is 0.530. The monoisotopic (exact) mass is 357 g/mol. The van der Waals surface area contributed by atoms with Gasteiger partial charge in [-0.15, -0.1) is 11.3 Å². The number of aromatic hydroxyl groups is 2. The summed E-state index contributed by atoms with van der Waals surface area (Å²) in [6.45, 7) is 3.21. The van der Waals surface area contributed by atoms with Crippen molar-refractivity contribution in [2.24, 2.45) is 0 Å². The van der Waals surface area contributed by atoms with Crippen LogP contribution >= 0.6 is 11.3 Å². The maximum absolute atomic E-state index is 10.0. The van der Waals surface area contributed by atoms with Gasteiger partial charge >= 0.3 is 0 Å². The van der Waals surface area contributed by atoms with Gasteiger partial charge in [-0.25, -0.2) is 0 Å². The van der Waals surface area contributed by atoms with Gasteiger partial charge in [-0.3, -0.25) is 0 Å². The molecule has 4 heteroatoms. The Morgan fingerprint density at radius 2 is 1.92 bits per heavy atom. The van der Waals surface area contributed by atoms with Crippen molar-refractivity contribution in [1.82, 2.24) is 5.32 Å². The smallest absolute Gasteiger partial charge is 0.157 e. The zero-order valence-electron chi connectivity index (χ0n) is 14.8. The predicted octanol–water partition coefficient (Wildman–Crippen LogP) is 4.83. The molecule has 1 aliphatic carbocycles. The second kappa shape index (κ2) is 7.00. The second-order valence-corrected chi connectivity index (χ2v) is 8.62. The van der Waals surface area contributed by atoms with Crippen LogP contribution in [-0.2, 0) is 19.4 Å². The molecule has 0 saturated heterocycles. The fourth-order valence-electron chi connectivity index (χ4n) is 4.37. The third-order valence-electron chi connectivity index (χ3n) is 5.71. The number of aryl methyl sites for hydroxylation is 2. The molecule has 25 heavy (non-hydrogen) atoms. The van der Waals surface area contributed by atoms with Crippen molar-refractivity contribution in [3.63, 3.8) is 0 Å². The van der Waals surface area contributed by atoms with E-state index in [1.54, 1.807) is 12.1 Å². The van der Waals surface area contributed by atoms with E-state index in [0.717, 1.165) is 19.4 Å². The van der Waals surface area contributed by atoms with E-state index in [4.69, 9.17) is 0 Å². The maximum Gasteiger partial charge on any atom is 0.157 e. The third kappa shape index (κ3) is 3.18. The summed E-state index contributed by atoms with van der Waals surface area (Å²) >= 11 is 1.97. The number of hydrogen-bond acceptors (Lipinski definition) is 4. The Balaban J connectivity index is 1.64. The summed E-state index contributed by atoms with van der Waals surface area (Å²) in [5.74, 6) is 0.320. The summed E-state index contributed by atoms with van der Waals surface area (Å²) in [6, 6.07) is 6.38. The molecule has 0 amide bonds. The van der Waals surface area contributed by atoms with Gasteiger partial charge < -0.3 is 15.5 Å². The number of hydrogen-bond donors (Lipinski definition) is 3. The highest BCUT2D eigenvalue weighted by Crippen LogP contribution is 2.46. The summed E-state index contributed by atoms with van der Waals surface area (Å²) in [5, 5.41) is 23.6. The van der Waals surface area contributed by atoms with Gasteiger partial charge in [-0.2, -0.15) is 0 Å². The summed E-state index contributed by atoms with van der Waals surface area (Å²) in [7, 11) is 0. The number of fused-ring (bicyclic) bond motifs is 5. The SMILES string of the molecule is CCCCCCc1cc2c(s1)[C@@H]1c3cc(O)c(O)cc3CC[C@H]1NC2. The molecule has 2 atom stereocenters. The molecular formula is C21H27NO2S. The first-order chi connectivity index (χ1) is 12.2. The van der Waals surface area contributed by atoms with Crippen LogP contribution in [0.1, 0.15) is 71.4 Å². The molecule has 0 bridgehead atoms. The third-order valence-corrected chi connectivity index (χ3v) is 7.03. The number of thiophene rings is 1. The summed E-state index contributed by atoms with van der Waals surface area (Å²) in [5.41, 5.74) is 3.81. The van der Waals surface area contributed by atoms with Crippen LogP contribution in [0.2, 0.25) is 0 Å². The topological polar surface area (TPSA) is 52.5 Å². The summed E-state index contributed by atoms with van der Waals surface area (Å²) in [6.07, 6.45) is 8.43. The molecule has 1 aliphatic heterocycles. The van der Waals surface area contributed by atoms with Crippen molar-refractivity contribution in [2.45, 2.75) is 70.4 Å². The van der Waals surface area contributed by atoms with Crippen molar-refractivity contribution in [3.8, 4) is 11.5 Å². The first kappa shape index (κ1) is 16.9. The van der Waals surface area contributed by atoms with Gasteiger partial charge in [-0.05, 0) is 60.6 Å². The summed E-state index contributed by atoms with van der Waals surface area (Å²) in [4.78, 5) is 2.97. The van der Waals surface area contributed by atoms with Crippen LogP contribution in [0.4, 0.5) is 0 Å². The van der Waals surface area contributed by atoms with E-state index in [1.807, 2.05) is 11.3 Å². The molecule has 2 aromatic rings. The maximum atomic E-state index is 10.0. The second-order valence-electron chi connectivity index (χ2n) is 7.46. The molecule has 0 saturated carbocycles. The van der Waals surface area contributed by atoms with E-state index in [1.165, 1.54) is 58.5 Å². The Hall–Kier alpha value is -1.52. The Morgan fingerprint density at radius 1 is 1.08 bits per heavy atom. The van der Waals surface area contributed by atoms with Gasteiger partial charge in [0, 0.05) is 28.3 Å². The normalized spacial score (nSPS) is 21.5. The fourth-order valence-corrected chi connectivity index (χ4v) is 5.78. The van der Waals surface area contributed by atoms with Gasteiger partial charge in [0.2, 0.25) is 0 Å². The lowest BCUT2D eigenvalue weighted by molar-refractivity contribution is 0.383. The Morgan fingerprint density at radius 3 is 2.76 bits per heavy atom. The van der Waals surface area contributed by atoms with Crippen LogP contribution in [0.3, 0.4) is 0 Å². The van der Waals surface area contributed by atoms with Crippen LogP contribution < -0.4 is 5.32 Å². The highest BCUT2D eigenvalue weighted by Gasteiger charge is 2.37. The lowest BCUT2D eigenvalue weighted by atomic mass is 9.75. The van der Waals surface area contributed by atoms with Crippen molar-refractivity contribution >= 4 is 11.3 Å². The molecule has 4 rings (SSSR count). The lowest BCUT2D eigenvalue weighted by Gasteiger charge is -2.38. The number of benzene rings is 1. The van der Waals surface area contributed by atoms with Crippen LogP contribution in [0.25, 0.3) is 0 Å². The van der Waals surface area contributed by atoms with E-state index < -0.39 is 0 Å². The first-order valence-corrected chi connectivity index (χ1v) is 10.4. The van der Waals surface area contributed by atoms with E-state index in [-0.39, 0.29) is 11.5 Å². The average Bonchev–Trinajstić information content (AvgIpc) is 3.02. The molecule has 0 fully saturated rings. The predicted molar refractivity (Wildman–Crippen MR) is 103 cm³/mol. The Kier molecular flexibility index (Phi) is 4.74. The van der Waals surface area contributed by atoms with Crippen LogP contribution in [0, 0.1) is 0 Å². The molecule has 1 aromatic heterocycles. The number of phenols is 2. The summed E-state index contributed by atoms with van der Waals surface area (Å²) < 4.78 is 0. The van der Waals surface area contributed by atoms with Crippen LogP contribution in [-0.4, -0.2) is 16.3 Å². The van der Waals surface area contributed by atoms with Crippen molar-refractivity contribution in [1.29, 1.82) is 0 Å². The minimum Gasteiger partial charge on any atom is -0.504 e. The molecule has 0 unspecified atom stereocenters. The molecular weight excluding hydrogens is 330 g/mol. The van der Waals surface area contributed by atoms with Gasteiger partial charge in [-0.1, -0.05) is 26.2 Å². The van der Waals surface area contributed by atoms with Gasteiger partial charge in [0.25, 0.3) is 0 Å². The van der Waals surface area contributed by atoms with E-state index >= 15 is 0 Å². The molecule has 134 valence electrons. The van der Waals surface area contributed by atoms with E-state index in [2.05, 4.69) is 18.3 Å². The van der Waals surface area contributed by atoms with Crippen molar-refractivity contribution in [3.05, 3.63) is 44.6 Å². The van der Waals surface area contributed by atoms with Crippen LogP contribution in [0.5, 0.6) is 11.5 Å². The Labute approximate surface area is 153 Å². The zero-order valence-corrected chi connectivity index (χ0v) is 15.7. The van der Waals surface area contributed by atoms with Gasteiger partial charge in [0.1, 0.15) is 0 Å². The first-order valence-electron chi connectivity index (χ1n) is 9.57. The molecule has 0 radical (unpaired) electrons. The van der Waals surface area contributed by atoms with E-state index in [9.17, 15) is 10.2 Å². The number of phenolic OH excluding ortho intramolecular Hbond substituents is 2. The molecule has 3 N–H and O–H groups in total. The highest BCUT2D eigenvalue weighted by molar-refractivity contribution is 7.12. The standard InChI is InChI=1S/C21H27NO2S/c1-2-3-4-5-6-15-9-14-12-22-17-8-7-13-10-18(23)19(24)11-16(13)20(17)21(14)25-15/h9-11,17,20,22-24H,2-8,12H2,1H3/t17-,20-/m1/s1. The lowest BCUT2D eigenvalue weighted by Crippen LogP contribution is -2.41. The van der Waals surface area contributed by atoms with E-state index in [0.29, 0.717) is 12.0 Å². The Bertz CT molecular complexity index is 767. The largest absolute Gasteiger partial charge is 0.504 e. The molecule has 1 aromatic carbocycles. The van der Waals surface area contributed by atoms with Gasteiger partial charge in [0.05, 0.1) is 0 Å². The molecule has 2 aliphatic rings. The minimum absolute atomic E-state index is 0.00266. The average molecular weight is 358 g/mol. The van der Waals surface area contributed by atoms with Crippen molar-refractivity contribution in [2.75, 3.05) is 0 Å². The number of unbranched alkanes of at least 4 members (excludes halogenated alkanes) is 3. The molecule has 3 nitrogen and oxygen atoms in total.